The van der Waals surface area contributed by atoms with Gasteiger partial charge < -0.3 is 5.73 Å². The Morgan fingerprint density at radius 1 is 1.06 bits per heavy atom. The normalized spacial score (nSPS) is 10.9. The second kappa shape index (κ2) is 5.44. The third-order valence-electron chi connectivity index (χ3n) is 2.75. The van der Waals surface area contributed by atoms with Crippen LogP contribution in [0.1, 0.15) is 25.3 Å². The van der Waals surface area contributed by atoms with Gasteiger partial charge in [-0.2, -0.15) is 0 Å². The van der Waals surface area contributed by atoms with Crippen LogP contribution in [0.4, 0.5) is 10.1 Å². The minimum Gasteiger partial charge on any atom is -0.398 e. The van der Waals surface area contributed by atoms with Gasteiger partial charge in [-0.05, 0) is 41.8 Å². The molecule has 0 saturated carbocycles. The first kappa shape index (κ1) is 13.0. The third-order valence-corrected chi connectivity index (χ3v) is 3.83. The molecule has 0 aliphatic rings. The van der Waals surface area contributed by atoms with Crippen LogP contribution in [0.25, 0.3) is 0 Å². The fraction of sp³-hybridized carbons (Fsp3) is 0.200. The molecule has 0 amide bonds. The van der Waals surface area contributed by atoms with Crippen LogP contribution >= 0.6 is 11.8 Å². The quantitative estimate of drug-likeness (QED) is 0.812. The van der Waals surface area contributed by atoms with Gasteiger partial charge in [-0.3, -0.25) is 0 Å². The number of benzene rings is 2. The lowest BCUT2D eigenvalue weighted by atomic mass is 10.0. The lowest BCUT2D eigenvalue weighted by Gasteiger charge is -2.08. The number of nitrogens with two attached hydrogens (primary N) is 1. The maximum absolute atomic E-state index is 13.2. The Hall–Kier alpha value is -1.48. The van der Waals surface area contributed by atoms with Gasteiger partial charge in [0.05, 0.1) is 0 Å². The molecule has 0 fully saturated rings. The maximum Gasteiger partial charge on any atom is 0.124 e. The minimum absolute atomic E-state index is 0.259. The van der Waals surface area contributed by atoms with Crippen molar-refractivity contribution in [1.82, 2.24) is 0 Å². The van der Waals surface area contributed by atoms with Crippen LogP contribution in [0.5, 0.6) is 0 Å². The van der Waals surface area contributed by atoms with Crippen molar-refractivity contribution in [2.24, 2.45) is 0 Å². The van der Waals surface area contributed by atoms with Crippen molar-refractivity contribution >= 4 is 17.4 Å². The van der Waals surface area contributed by atoms with Crippen LogP contribution < -0.4 is 5.73 Å². The van der Waals surface area contributed by atoms with E-state index in [4.69, 9.17) is 5.73 Å². The molecule has 2 aromatic carbocycles. The molecule has 2 aromatic rings. The topological polar surface area (TPSA) is 26.0 Å². The van der Waals surface area contributed by atoms with Gasteiger partial charge in [0.1, 0.15) is 5.82 Å². The Labute approximate surface area is 111 Å². The van der Waals surface area contributed by atoms with Gasteiger partial charge in [0, 0.05) is 15.5 Å². The highest BCUT2D eigenvalue weighted by Crippen LogP contribution is 2.33. The minimum atomic E-state index is -0.259. The average molecular weight is 261 g/mol. The first-order valence-electron chi connectivity index (χ1n) is 5.89. The SMILES string of the molecule is CC(C)c1ccc(Sc2cc(F)ccc2N)cc1. The molecule has 0 aliphatic carbocycles. The number of hydrogen-bond donors (Lipinski definition) is 1. The molecule has 0 bridgehead atoms. The van der Waals surface area contributed by atoms with Crippen molar-refractivity contribution in [1.29, 1.82) is 0 Å². The molecular formula is C15H16FNS. The zero-order valence-corrected chi connectivity index (χ0v) is 11.3. The van der Waals surface area contributed by atoms with Gasteiger partial charge in [0.15, 0.2) is 0 Å². The van der Waals surface area contributed by atoms with Crippen molar-refractivity contribution in [2.45, 2.75) is 29.6 Å². The molecule has 94 valence electrons. The van der Waals surface area contributed by atoms with E-state index in [1.54, 1.807) is 6.07 Å². The molecule has 2 N–H and O–H groups in total. The van der Waals surface area contributed by atoms with E-state index < -0.39 is 0 Å². The molecule has 0 spiro atoms. The Balaban J connectivity index is 2.21. The summed E-state index contributed by atoms with van der Waals surface area (Å²) in [5.41, 5.74) is 7.73. The van der Waals surface area contributed by atoms with E-state index in [1.807, 2.05) is 12.1 Å². The lowest BCUT2D eigenvalue weighted by Crippen LogP contribution is -1.90. The van der Waals surface area contributed by atoms with Crippen LogP contribution in [0.2, 0.25) is 0 Å². The van der Waals surface area contributed by atoms with Gasteiger partial charge in [0.25, 0.3) is 0 Å². The first-order valence-corrected chi connectivity index (χ1v) is 6.71. The van der Waals surface area contributed by atoms with Crippen LogP contribution in [0.3, 0.4) is 0 Å². The average Bonchev–Trinajstić information content (AvgIpc) is 2.34. The number of halogens is 1. The summed E-state index contributed by atoms with van der Waals surface area (Å²) in [7, 11) is 0. The van der Waals surface area contributed by atoms with E-state index in [9.17, 15) is 4.39 Å². The Bertz CT molecular complexity index is 535. The summed E-state index contributed by atoms with van der Waals surface area (Å²) in [6.07, 6.45) is 0. The third kappa shape index (κ3) is 3.05. The number of nitrogen functional groups attached to an aromatic ring is 1. The van der Waals surface area contributed by atoms with Crippen LogP contribution in [0, 0.1) is 5.82 Å². The second-order valence-corrected chi connectivity index (χ2v) is 5.62. The van der Waals surface area contributed by atoms with E-state index in [1.165, 1.54) is 29.5 Å². The Morgan fingerprint density at radius 2 is 1.72 bits per heavy atom. The first-order chi connectivity index (χ1) is 8.56. The van der Waals surface area contributed by atoms with E-state index in [2.05, 4.69) is 26.0 Å². The van der Waals surface area contributed by atoms with Crippen molar-refractivity contribution in [3.05, 3.63) is 53.8 Å². The van der Waals surface area contributed by atoms with Gasteiger partial charge in [-0.15, -0.1) is 0 Å². The zero-order chi connectivity index (χ0) is 13.1. The summed E-state index contributed by atoms with van der Waals surface area (Å²) in [5.74, 6) is 0.258. The largest absolute Gasteiger partial charge is 0.398 e. The Kier molecular flexibility index (Phi) is 3.92. The van der Waals surface area contributed by atoms with Gasteiger partial charge in [0.2, 0.25) is 0 Å². The van der Waals surface area contributed by atoms with Crippen molar-refractivity contribution in [2.75, 3.05) is 5.73 Å². The molecule has 0 atom stereocenters. The summed E-state index contributed by atoms with van der Waals surface area (Å²) in [5, 5.41) is 0. The maximum atomic E-state index is 13.2. The van der Waals surface area contributed by atoms with E-state index >= 15 is 0 Å². The highest BCUT2D eigenvalue weighted by Gasteiger charge is 2.04. The van der Waals surface area contributed by atoms with E-state index in [0.29, 0.717) is 11.6 Å². The monoisotopic (exact) mass is 261 g/mol. The van der Waals surface area contributed by atoms with Crippen molar-refractivity contribution in [3.63, 3.8) is 0 Å². The number of rotatable bonds is 3. The summed E-state index contributed by atoms with van der Waals surface area (Å²) < 4.78 is 13.2. The molecule has 0 saturated heterocycles. The number of hydrogen-bond acceptors (Lipinski definition) is 2. The standard InChI is InChI=1S/C15H16FNS/c1-10(2)11-3-6-13(7-4-11)18-15-9-12(16)5-8-14(15)17/h3-10H,17H2,1-2H3. The molecule has 0 aliphatic heterocycles. The van der Waals surface area contributed by atoms with E-state index in [0.717, 1.165) is 9.79 Å². The molecule has 0 unspecified atom stereocenters. The fourth-order valence-electron chi connectivity index (χ4n) is 1.64. The molecule has 1 nitrogen and oxygen atoms in total. The summed E-state index contributed by atoms with van der Waals surface area (Å²) in [4.78, 5) is 1.82. The summed E-state index contributed by atoms with van der Waals surface area (Å²) in [6, 6.07) is 12.7. The van der Waals surface area contributed by atoms with Crippen LogP contribution in [-0.2, 0) is 0 Å². The van der Waals surface area contributed by atoms with Crippen molar-refractivity contribution < 1.29 is 4.39 Å². The summed E-state index contributed by atoms with van der Waals surface area (Å²) >= 11 is 1.48. The van der Waals surface area contributed by atoms with E-state index in [-0.39, 0.29) is 5.82 Å². The fourth-order valence-corrected chi connectivity index (χ4v) is 2.53. The molecule has 0 aromatic heterocycles. The van der Waals surface area contributed by atoms with Gasteiger partial charge >= 0.3 is 0 Å². The smallest absolute Gasteiger partial charge is 0.124 e. The molecule has 3 heteroatoms. The van der Waals surface area contributed by atoms with Crippen molar-refractivity contribution in [3.8, 4) is 0 Å². The van der Waals surface area contributed by atoms with Crippen LogP contribution in [0.15, 0.2) is 52.3 Å². The molecule has 0 heterocycles. The van der Waals surface area contributed by atoms with Gasteiger partial charge in [-0.1, -0.05) is 37.7 Å². The Morgan fingerprint density at radius 3 is 2.33 bits per heavy atom. The molecule has 18 heavy (non-hydrogen) atoms. The number of anilines is 1. The predicted molar refractivity (Wildman–Crippen MR) is 75.5 cm³/mol. The lowest BCUT2D eigenvalue weighted by molar-refractivity contribution is 0.624. The molecule has 0 radical (unpaired) electrons. The molecular weight excluding hydrogens is 245 g/mol. The predicted octanol–water partition coefficient (Wildman–Crippen LogP) is 4.68. The summed E-state index contributed by atoms with van der Waals surface area (Å²) in [6.45, 7) is 4.32. The van der Waals surface area contributed by atoms with Gasteiger partial charge in [-0.25, -0.2) is 4.39 Å². The molecule has 2 rings (SSSR count). The van der Waals surface area contributed by atoms with Crippen LogP contribution in [-0.4, -0.2) is 0 Å². The highest BCUT2D eigenvalue weighted by molar-refractivity contribution is 7.99. The zero-order valence-electron chi connectivity index (χ0n) is 10.5. The second-order valence-electron chi connectivity index (χ2n) is 4.51. The highest BCUT2D eigenvalue weighted by atomic mass is 32.2.